The van der Waals surface area contributed by atoms with Gasteiger partial charge in [-0.15, -0.1) is 11.3 Å². The van der Waals surface area contributed by atoms with Gasteiger partial charge in [-0.25, -0.2) is 4.98 Å². The molecule has 3 nitrogen and oxygen atoms in total. The van der Waals surface area contributed by atoms with Gasteiger partial charge in [0.05, 0.1) is 16.6 Å². The SMILES string of the molecule is Cc1ccccc1CC(=O)OCc1nc2ccccc2s1. The Bertz CT molecular complexity index is 746. The Hall–Kier alpha value is -2.20. The van der Waals surface area contributed by atoms with E-state index in [1.165, 1.54) is 0 Å². The van der Waals surface area contributed by atoms with Crippen molar-refractivity contribution in [1.29, 1.82) is 0 Å². The molecule has 0 atom stereocenters. The highest BCUT2D eigenvalue weighted by Crippen LogP contribution is 2.22. The molecule has 0 saturated carbocycles. The number of para-hydroxylation sites is 1. The lowest BCUT2D eigenvalue weighted by Crippen LogP contribution is -2.08. The summed E-state index contributed by atoms with van der Waals surface area (Å²) in [5, 5.41) is 0.828. The summed E-state index contributed by atoms with van der Waals surface area (Å²) in [7, 11) is 0. The lowest BCUT2D eigenvalue weighted by atomic mass is 10.1. The topological polar surface area (TPSA) is 39.2 Å². The van der Waals surface area contributed by atoms with Crippen molar-refractivity contribution in [2.45, 2.75) is 20.0 Å². The Labute approximate surface area is 127 Å². The zero-order valence-corrected chi connectivity index (χ0v) is 12.5. The molecule has 2 aromatic carbocycles. The fourth-order valence-electron chi connectivity index (χ4n) is 2.14. The average molecular weight is 297 g/mol. The monoisotopic (exact) mass is 297 g/mol. The number of carbonyl (C=O) groups is 1. The van der Waals surface area contributed by atoms with Crippen LogP contribution in [0.1, 0.15) is 16.1 Å². The van der Waals surface area contributed by atoms with Gasteiger partial charge in [0.25, 0.3) is 0 Å². The van der Waals surface area contributed by atoms with E-state index in [0.29, 0.717) is 6.42 Å². The maximum absolute atomic E-state index is 11.9. The molecule has 3 aromatic rings. The highest BCUT2D eigenvalue weighted by Gasteiger charge is 2.09. The molecule has 21 heavy (non-hydrogen) atoms. The van der Waals surface area contributed by atoms with Crippen molar-refractivity contribution in [3.8, 4) is 0 Å². The first-order chi connectivity index (χ1) is 10.2. The number of hydrogen-bond acceptors (Lipinski definition) is 4. The molecule has 0 fully saturated rings. The van der Waals surface area contributed by atoms with Crippen LogP contribution in [-0.2, 0) is 22.6 Å². The van der Waals surface area contributed by atoms with E-state index in [0.717, 1.165) is 26.4 Å². The molecule has 3 rings (SSSR count). The van der Waals surface area contributed by atoms with Crippen LogP contribution in [0.25, 0.3) is 10.2 Å². The summed E-state index contributed by atoms with van der Waals surface area (Å²) in [6.45, 7) is 2.24. The zero-order chi connectivity index (χ0) is 14.7. The average Bonchev–Trinajstić information content (AvgIpc) is 2.90. The Balaban J connectivity index is 1.62. The molecule has 0 bridgehead atoms. The summed E-state index contributed by atoms with van der Waals surface area (Å²) in [5.41, 5.74) is 3.06. The fourth-order valence-corrected chi connectivity index (χ4v) is 3.02. The third-order valence-corrected chi connectivity index (χ3v) is 4.30. The van der Waals surface area contributed by atoms with Gasteiger partial charge in [0, 0.05) is 0 Å². The van der Waals surface area contributed by atoms with E-state index >= 15 is 0 Å². The minimum Gasteiger partial charge on any atom is -0.458 e. The van der Waals surface area contributed by atoms with Crippen LogP contribution in [0.4, 0.5) is 0 Å². The van der Waals surface area contributed by atoms with E-state index in [-0.39, 0.29) is 12.6 Å². The molecule has 0 radical (unpaired) electrons. The van der Waals surface area contributed by atoms with Crippen molar-refractivity contribution in [2.75, 3.05) is 0 Å². The van der Waals surface area contributed by atoms with Crippen LogP contribution >= 0.6 is 11.3 Å². The van der Waals surface area contributed by atoms with E-state index in [2.05, 4.69) is 4.98 Å². The first-order valence-corrected chi connectivity index (χ1v) is 7.58. The van der Waals surface area contributed by atoms with E-state index in [4.69, 9.17) is 4.74 Å². The lowest BCUT2D eigenvalue weighted by molar-refractivity contribution is -0.144. The highest BCUT2D eigenvalue weighted by atomic mass is 32.1. The van der Waals surface area contributed by atoms with Gasteiger partial charge in [-0.1, -0.05) is 36.4 Å². The minimum absolute atomic E-state index is 0.219. The van der Waals surface area contributed by atoms with Crippen molar-refractivity contribution in [2.24, 2.45) is 0 Å². The molecular weight excluding hydrogens is 282 g/mol. The number of thiazole rings is 1. The molecule has 0 unspecified atom stereocenters. The predicted molar refractivity (Wildman–Crippen MR) is 84.3 cm³/mol. The Kier molecular flexibility index (Phi) is 3.97. The number of fused-ring (bicyclic) bond motifs is 1. The fraction of sp³-hybridized carbons (Fsp3) is 0.176. The minimum atomic E-state index is -0.219. The number of nitrogens with zero attached hydrogens (tertiary/aromatic N) is 1. The molecule has 0 aliphatic carbocycles. The molecule has 0 aliphatic heterocycles. The van der Waals surface area contributed by atoms with Gasteiger partial charge >= 0.3 is 5.97 Å². The summed E-state index contributed by atoms with van der Waals surface area (Å²) in [4.78, 5) is 16.4. The molecular formula is C17H15NO2S. The highest BCUT2D eigenvalue weighted by molar-refractivity contribution is 7.18. The van der Waals surface area contributed by atoms with Gasteiger partial charge in [-0.3, -0.25) is 4.79 Å². The molecule has 0 N–H and O–H groups in total. The maximum Gasteiger partial charge on any atom is 0.310 e. The normalized spacial score (nSPS) is 10.7. The third kappa shape index (κ3) is 3.28. The van der Waals surface area contributed by atoms with E-state index in [1.807, 2.05) is 55.5 Å². The van der Waals surface area contributed by atoms with Gasteiger partial charge in [0.15, 0.2) is 0 Å². The quantitative estimate of drug-likeness (QED) is 0.686. The Morgan fingerprint density at radius 2 is 1.90 bits per heavy atom. The van der Waals surface area contributed by atoms with E-state index in [1.54, 1.807) is 11.3 Å². The Morgan fingerprint density at radius 1 is 1.14 bits per heavy atom. The number of rotatable bonds is 4. The lowest BCUT2D eigenvalue weighted by Gasteiger charge is -2.05. The van der Waals surface area contributed by atoms with Crippen LogP contribution in [0, 0.1) is 6.92 Å². The molecule has 106 valence electrons. The van der Waals surface area contributed by atoms with E-state index in [9.17, 15) is 4.79 Å². The molecule has 1 aromatic heterocycles. The van der Waals surface area contributed by atoms with Crippen LogP contribution in [0.5, 0.6) is 0 Å². The number of ether oxygens (including phenoxy) is 1. The van der Waals surface area contributed by atoms with E-state index < -0.39 is 0 Å². The Morgan fingerprint density at radius 3 is 2.71 bits per heavy atom. The molecule has 1 heterocycles. The summed E-state index contributed by atoms with van der Waals surface area (Å²) in [6, 6.07) is 15.8. The van der Waals surface area contributed by atoms with Crippen molar-refractivity contribution in [3.63, 3.8) is 0 Å². The predicted octanol–water partition coefficient (Wildman–Crippen LogP) is 3.89. The number of benzene rings is 2. The molecule has 0 saturated heterocycles. The standard InChI is InChI=1S/C17H15NO2S/c1-12-6-2-3-7-13(12)10-17(19)20-11-16-18-14-8-4-5-9-15(14)21-16/h2-9H,10-11H2,1H3. The zero-order valence-electron chi connectivity index (χ0n) is 11.7. The molecule has 0 spiro atoms. The van der Waals surface area contributed by atoms with Crippen LogP contribution in [0.3, 0.4) is 0 Å². The van der Waals surface area contributed by atoms with Gasteiger partial charge in [-0.05, 0) is 30.2 Å². The van der Waals surface area contributed by atoms with Crippen LogP contribution in [0.2, 0.25) is 0 Å². The van der Waals surface area contributed by atoms with Crippen molar-refractivity contribution in [1.82, 2.24) is 4.98 Å². The van der Waals surface area contributed by atoms with Crippen molar-refractivity contribution in [3.05, 3.63) is 64.7 Å². The first-order valence-electron chi connectivity index (χ1n) is 6.77. The number of aryl methyl sites for hydroxylation is 1. The van der Waals surface area contributed by atoms with Gasteiger partial charge in [-0.2, -0.15) is 0 Å². The van der Waals surface area contributed by atoms with Crippen molar-refractivity contribution < 1.29 is 9.53 Å². The molecule has 4 heteroatoms. The summed E-state index contributed by atoms with van der Waals surface area (Å²) >= 11 is 1.56. The number of aromatic nitrogens is 1. The van der Waals surface area contributed by atoms with Crippen LogP contribution in [0.15, 0.2) is 48.5 Å². The largest absolute Gasteiger partial charge is 0.458 e. The second-order valence-electron chi connectivity index (χ2n) is 4.84. The first kappa shape index (κ1) is 13.8. The molecule has 0 amide bonds. The maximum atomic E-state index is 11.9. The second-order valence-corrected chi connectivity index (χ2v) is 5.95. The number of carbonyl (C=O) groups excluding carboxylic acids is 1. The van der Waals surface area contributed by atoms with Gasteiger partial charge < -0.3 is 4.74 Å². The van der Waals surface area contributed by atoms with Gasteiger partial charge in [0.2, 0.25) is 0 Å². The summed E-state index contributed by atoms with van der Waals surface area (Å²) in [6.07, 6.45) is 0.303. The van der Waals surface area contributed by atoms with Crippen LogP contribution in [-0.4, -0.2) is 11.0 Å². The van der Waals surface area contributed by atoms with Crippen molar-refractivity contribution >= 4 is 27.5 Å². The number of hydrogen-bond donors (Lipinski definition) is 0. The third-order valence-electron chi connectivity index (χ3n) is 3.29. The van der Waals surface area contributed by atoms with Gasteiger partial charge in [0.1, 0.15) is 11.6 Å². The summed E-state index contributed by atoms with van der Waals surface area (Å²) < 4.78 is 6.44. The van der Waals surface area contributed by atoms with Crippen LogP contribution < -0.4 is 0 Å². The number of esters is 1. The second kappa shape index (κ2) is 6.06. The molecule has 0 aliphatic rings. The smallest absolute Gasteiger partial charge is 0.310 e. The summed E-state index contributed by atoms with van der Waals surface area (Å²) in [5.74, 6) is -0.219.